The fourth-order valence-electron chi connectivity index (χ4n) is 1.51. The van der Waals surface area contributed by atoms with E-state index in [1.807, 2.05) is 0 Å². The minimum absolute atomic E-state index is 0.0498. The summed E-state index contributed by atoms with van der Waals surface area (Å²) in [7, 11) is 1.36. The number of halogens is 3. The van der Waals surface area contributed by atoms with Gasteiger partial charge in [-0.15, -0.1) is 10.2 Å². The fraction of sp³-hybridized carbons (Fsp3) is 0.154. The Labute approximate surface area is 129 Å². The Hall–Kier alpha value is -2.48. The van der Waals surface area contributed by atoms with Crippen LogP contribution >= 0.6 is 11.6 Å². The number of nitrogens with zero attached hydrogens (tertiary/aromatic N) is 3. The molecule has 1 aromatic heterocycles. The van der Waals surface area contributed by atoms with Crippen molar-refractivity contribution in [2.75, 3.05) is 12.5 Å². The average molecular weight is 329 g/mol. The van der Waals surface area contributed by atoms with Crippen molar-refractivity contribution in [1.29, 1.82) is 0 Å². The highest BCUT2D eigenvalue weighted by molar-refractivity contribution is 6.29. The summed E-state index contributed by atoms with van der Waals surface area (Å²) >= 11 is 5.61. The molecule has 0 saturated carbocycles. The number of rotatable bonds is 6. The van der Waals surface area contributed by atoms with Gasteiger partial charge in [0.05, 0.1) is 13.3 Å². The maximum atomic E-state index is 12.2. The topological polar surface area (TPSA) is 68.6 Å². The predicted molar refractivity (Wildman–Crippen MR) is 77.9 cm³/mol. The normalized spacial score (nSPS) is 11.0. The number of hydrazone groups is 1. The summed E-state index contributed by atoms with van der Waals surface area (Å²) in [6, 6.07) is 7.60. The first-order valence-corrected chi connectivity index (χ1v) is 6.37. The van der Waals surface area contributed by atoms with E-state index in [0.29, 0.717) is 11.4 Å². The van der Waals surface area contributed by atoms with Crippen molar-refractivity contribution in [1.82, 2.24) is 10.2 Å². The van der Waals surface area contributed by atoms with Crippen LogP contribution in [0.1, 0.15) is 5.56 Å². The summed E-state index contributed by atoms with van der Waals surface area (Å²) in [4.78, 5) is 0. The third-order valence-electron chi connectivity index (χ3n) is 2.43. The molecule has 0 radical (unpaired) electrons. The molecule has 0 aliphatic carbocycles. The zero-order valence-electron chi connectivity index (χ0n) is 11.3. The van der Waals surface area contributed by atoms with Gasteiger partial charge in [-0.05, 0) is 35.9 Å². The lowest BCUT2D eigenvalue weighted by molar-refractivity contribution is -0.0512. The van der Waals surface area contributed by atoms with Crippen LogP contribution in [0.3, 0.4) is 0 Å². The number of alkyl halides is 2. The molecule has 116 valence electrons. The van der Waals surface area contributed by atoms with Crippen molar-refractivity contribution in [2.45, 2.75) is 6.61 Å². The van der Waals surface area contributed by atoms with E-state index in [2.05, 4.69) is 25.5 Å². The van der Waals surface area contributed by atoms with Gasteiger partial charge in [-0.3, -0.25) is 5.43 Å². The van der Waals surface area contributed by atoms with Crippen LogP contribution in [0.2, 0.25) is 5.15 Å². The SMILES string of the molecule is COc1cc(C=NNc2ccc(Cl)nn2)ccc1OC(F)F. The van der Waals surface area contributed by atoms with Gasteiger partial charge in [0.15, 0.2) is 22.5 Å². The van der Waals surface area contributed by atoms with Crippen molar-refractivity contribution in [2.24, 2.45) is 5.10 Å². The summed E-state index contributed by atoms with van der Waals surface area (Å²) in [6.45, 7) is -2.92. The van der Waals surface area contributed by atoms with Crippen LogP contribution in [-0.2, 0) is 0 Å². The van der Waals surface area contributed by atoms with E-state index in [4.69, 9.17) is 16.3 Å². The largest absolute Gasteiger partial charge is 0.493 e. The van der Waals surface area contributed by atoms with E-state index in [9.17, 15) is 8.78 Å². The molecule has 0 fully saturated rings. The molecule has 0 aliphatic heterocycles. The maximum Gasteiger partial charge on any atom is 0.387 e. The smallest absolute Gasteiger partial charge is 0.387 e. The molecule has 0 atom stereocenters. The number of methoxy groups -OCH3 is 1. The minimum atomic E-state index is -2.92. The molecule has 1 heterocycles. The Balaban J connectivity index is 2.05. The standard InChI is InChI=1S/C13H11ClF2N4O2/c1-21-10-6-8(2-3-9(10)22-13(15)16)7-17-19-12-5-4-11(14)18-20-12/h2-7,13H,1H3,(H,19,20). The van der Waals surface area contributed by atoms with Gasteiger partial charge in [0.1, 0.15) is 0 Å². The second kappa shape index (κ2) is 7.51. The molecule has 0 unspecified atom stereocenters. The Morgan fingerprint density at radius 3 is 2.68 bits per heavy atom. The lowest BCUT2D eigenvalue weighted by atomic mass is 10.2. The number of aromatic nitrogens is 2. The molecule has 0 amide bonds. The summed E-state index contributed by atoms with van der Waals surface area (Å²) in [5.41, 5.74) is 3.27. The summed E-state index contributed by atoms with van der Waals surface area (Å²) in [5, 5.41) is 11.6. The fourth-order valence-corrected chi connectivity index (χ4v) is 1.61. The zero-order chi connectivity index (χ0) is 15.9. The molecule has 0 bridgehead atoms. The third-order valence-corrected chi connectivity index (χ3v) is 2.63. The van der Waals surface area contributed by atoms with Crippen molar-refractivity contribution in [3.05, 3.63) is 41.0 Å². The highest BCUT2D eigenvalue weighted by Gasteiger charge is 2.10. The number of hydrogen-bond donors (Lipinski definition) is 1. The van der Waals surface area contributed by atoms with Crippen molar-refractivity contribution in [3.8, 4) is 11.5 Å². The molecular formula is C13H11ClF2N4O2. The number of nitrogens with one attached hydrogen (secondary N) is 1. The van der Waals surface area contributed by atoms with Crippen LogP contribution in [-0.4, -0.2) is 30.1 Å². The van der Waals surface area contributed by atoms with Crippen LogP contribution < -0.4 is 14.9 Å². The number of hydrogen-bond acceptors (Lipinski definition) is 6. The van der Waals surface area contributed by atoms with E-state index in [-0.39, 0.29) is 16.7 Å². The summed E-state index contributed by atoms with van der Waals surface area (Å²) in [6.07, 6.45) is 1.46. The first-order valence-electron chi connectivity index (χ1n) is 5.99. The van der Waals surface area contributed by atoms with Crippen molar-refractivity contribution >= 4 is 23.6 Å². The molecule has 22 heavy (non-hydrogen) atoms. The summed E-state index contributed by atoms with van der Waals surface area (Å²) in [5.74, 6) is 0.534. The Bertz CT molecular complexity index is 653. The van der Waals surface area contributed by atoms with Gasteiger partial charge < -0.3 is 9.47 Å². The Kier molecular flexibility index (Phi) is 5.42. The van der Waals surface area contributed by atoms with Gasteiger partial charge in [0, 0.05) is 0 Å². The molecular weight excluding hydrogens is 318 g/mol. The zero-order valence-corrected chi connectivity index (χ0v) is 12.1. The first kappa shape index (κ1) is 15.9. The predicted octanol–water partition coefficient (Wildman–Crippen LogP) is 3.19. The maximum absolute atomic E-state index is 12.2. The second-order valence-electron chi connectivity index (χ2n) is 3.90. The Morgan fingerprint density at radius 1 is 1.23 bits per heavy atom. The van der Waals surface area contributed by atoms with Gasteiger partial charge in [-0.1, -0.05) is 11.6 Å². The molecule has 2 aromatic rings. The molecule has 9 heteroatoms. The summed E-state index contributed by atoms with van der Waals surface area (Å²) < 4.78 is 33.8. The van der Waals surface area contributed by atoms with E-state index in [0.717, 1.165) is 0 Å². The van der Waals surface area contributed by atoms with Crippen molar-refractivity contribution < 1.29 is 18.3 Å². The van der Waals surface area contributed by atoms with Gasteiger partial charge in [0.2, 0.25) is 0 Å². The number of anilines is 1. The van der Waals surface area contributed by atoms with E-state index in [1.165, 1.54) is 25.5 Å². The first-order chi connectivity index (χ1) is 10.6. The van der Waals surface area contributed by atoms with Crippen LogP contribution in [0.5, 0.6) is 11.5 Å². The highest BCUT2D eigenvalue weighted by atomic mass is 35.5. The van der Waals surface area contributed by atoms with E-state index >= 15 is 0 Å². The van der Waals surface area contributed by atoms with Gasteiger partial charge in [0.25, 0.3) is 0 Å². The van der Waals surface area contributed by atoms with Gasteiger partial charge >= 0.3 is 6.61 Å². The van der Waals surface area contributed by atoms with Gasteiger partial charge in [-0.2, -0.15) is 13.9 Å². The molecule has 1 aromatic carbocycles. The molecule has 6 nitrogen and oxygen atoms in total. The lowest BCUT2D eigenvalue weighted by Gasteiger charge is -2.09. The molecule has 0 aliphatic rings. The molecule has 1 N–H and O–H groups in total. The molecule has 0 saturated heterocycles. The molecule has 2 rings (SSSR count). The van der Waals surface area contributed by atoms with E-state index in [1.54, 1.807) is 18.2 Å². The quantitative estimate of drug-likeness (QED) is 0.651. The van der Waals surface area contributed by atoms with E-state index < -0.39 is 6.61 Å². The third kappa shape index (κ3) is 4.52. The van der Waals surface area contributed by atoms with Crippen LogP contribution in [0, 0.1) is 0 Å². The van der Waals surface area contributed by atoms with Crippen LogP contribution in [0.4, 0.5) is 14.6 Å². The van der Waals surface area contributed by atoms with Crippen LogP contribution in [0.25, 0.3) is 0 Å². The molecule has 0 spiro atoms. The van der Waals surface area contributed by atoms with Crippen LogP contribution in [0.15, 0.2) is 35.4 Å². The Morgan fingerprint density at radius 2 is 2.05 bits per heavy atom. The monoisotopic (exact) mass is 328 g/mol. The second-order valence-corrected chi connectivity index (χ2v) is 4.29. The minimum Gasteiger partial charge on any atom is -0.493 e. The van der Waals surface area contributed by atoms with Gasteiger partial charge in [-0.25, -0.2) is 0 Å². The average Bonchev–Trinajstić information content (AvgIpc) is 2.50. The van der Waals surface area contributed by atoms with Crippen molar-refractivity contribution in [3.63, 3.8) is 0 Å². The number of ether oxygens (including phenoxy) is 2. The number of benzene rings is 1. The highest BCUT2D eigenvalue weighted by Crippen LogP contribution is 2.28. The lowest BCUT2D eigenvalue weighted by Crippen LogP contribution is -2.03.